The molecular weight excluding hydrogens is 352 g/mol. The van der Waals surface area contributed by atoms with Crippen molar-refractivity contribution in [3.05, 3.63) is 60.7 Å². The summed E-state index contributed by atoms with van der Waals surface area (Å²) in [6.45, 7) is 3.43. The summed E-state index contributed by atoms with van der Waals surface area (Å²) < 4.78 is 0. The lowest BCUT2D eigenvalue weighted by Crippen LogP contribution is -2.38. The normalized spacial score (nSPS) is 14.7. The molecule has 1 amide bonds. The number of piperidine rings is 1. The first-order chi connectivity index (χ1) is 13.7. The Bertz CT molecular complexity index is 954. The fraction of sp³-hybridized carbons (Fsp3) is 0.286. The summed E-state index contributed by atoms with van der Waals surface area (Å²) in [5.41, 5.74) is 2.80. The number of nitrogens with one attached hydrogen (secondary N) is 1. The fourth-order valence-electron chi connectivity index (χ4n) is 3.38. The van der Waals surface area contributed by atoms with E-state index in [2.05, 4.69) is 30.2 Å². The molecule has 2 aromatic heterocycles. The molecule has 1 N–H and O–H groups in total. The number of amides is 1. The molecule has 7 heteroatoms. The van der Waals surface area contributed by atoms with Crippen LogP contribution in [0.3, 0.4) is 0 Å². The van der Waals surface area contributed by atoms with Crippen LogP contribution < -0.4 is 10.2 Å². The third-order valence-electron chi connectivity index (χ3n) is 4.94. The van der Waals surface area contributed by atoms with Gasteiger partial charge in [-0.15, -0.1) is 0 Å². The lowest BCUT2D eigenvalue weighted by atomic mass is 9.96. The average molecular weight is 374 g/mol. The Morgan fingerprint density at radius 3 is 2.61 bits per heavy atom. The van der Waals surface area contributed by atoms with Gasteiger partial charge in [-0.05, 0) is 25.8 Å². The Labute approximate surface area is 163 Å². The molecule has 0 spiro atoms. The van der Waals surface area contributed by atoms with Crippen LogP contribution in [0.1, 0.15) is 18.5 Å². The molecule has 1 aromatic carbocycles. The van der Waals surface area contributed by atoms with Crippen LogP contribution in [-0.4, -0.2) is 38.9 Å². The van der Waals surface area contributed by atoms with E-state index in [-0.39, 0.29) is 11.8 Å². The van der Waals surface area contributed by atoms with E-state index < -0.39 is 0 Å². The van der Waals surface area contributed by atoms with Gasteiger partial charge in [0, 0.05) is 42.5 Å². The molecule has 7 nitrogen and oxygen atoms in total. The first-order valence-corrected chi connectivity index (χ1v) is 9.42. The van der Waals surface area contributed by atoms with Gasteiger partial charge in [-0.25, -0.2) is 19.9 Å². The molecule has 28 heavy (non-hydrogen) atoms. The van der Waals surface area contributed by atoms with Gasteiger partial charge in [0.15, 0.2) is 0 Å². The van der Waals surface area contributed by atoms with Crippen LogP contribution >= 0.6 is 0 Å². The molecule has 1 fully saturated rings. The molecule has 142 valence electrons. The first-order valence-electron chi connectivity index (χ1n) is 9.42. The third kappa shape index (κ3) is 4.14. The molecule has 1 aliphatic heterocycles. The van der Waals surface area contributed by atoms with E-state index in [1.165, 1.54) is 0 Å². The quantitative estimate of drug-likeness (QED) is 0.755. The average Bonchev–Trinajstić information content (AvgIpc) is 2.75. The molecule has 0 atom stereocenters. The maximum Gasteiger partial charge on any atom is 0.229 e. The molecule has 3 heterocycles. The molecule has 0 unspecified atom stereocenters. The van der Waals surface area contributed by atoms with E-state index in [4.69, 9.17) is 0 Å². The van der Waals surface area contributed by atoms with Crippen LogP contribution in [0.5, 0.6) is 0 Å². The van der Waals surface area contributed by atoms with Gasteiger partial charge in [0.05, 0.1) is 5.69 Å². The minimum Gasteiger partial charge on any atom is -0.356 e. The van der Waals surface area contributed by atoms with Crippen LogP contribution in [0, 0.1) is 12.8 Å². The smallest absolute Gasteiger partial charge is 0.229 e. The van der Waals surface area contributed by atoms with Crippen molar-refractivity contribution in [3.8, 4) is 11.3 Å². The number of carbonyl (C=O) groups is 1. The monoisotopic (exact) mass is 374 g/mol. The second-order valence-corrected chi connectivity index (χ2v) is 6.90. The maximum atomic E-state index is 12.5. The number of aryl methyl sites for hydroxylation is 1. The minimum absolute atomic E-state index is 0.0158. The largest absolute Gasteiger partial charge is 0.356 e. The zero-order valence-electron chi connectivity index (χ0n) is 15.7. The van der Waals surface area contributed by atoms with Gasteiger partial charge >= 0.3 is 0 Å². The summed E-state index contributed by atoms with van der Waals surface area (Å²) in [5.74, 6) is 1.21. The van der Waals surface area contributed by atoms with E-state index >= 15 is 0 Å². The zero-order valence-corrected chi connectivity index (χ0v) is 15.7. The predicted molar refractivity (Wildman–Crippen MR) is 108 cm³/mol. The Kier molecular flexibility index (Phi) is 5.23. The van der Waals surface area contributed by atoms with Crippen molar-refractivity contribution < 1.29 is 4.79 Å². The Hall–Kier alpha value is -3.35. The molecule has 3 aromatic rings. The van der Waals surface area contributed by atoms with E-state index in [1.54, 1.807) is 18.6 Å². The van der Waals surface area contributed by atoms with Crippen molar-refractivity contribution >= 4 is 17.7 Å². The summed E-state index contributed by atoms with van der Waals surface area (Å²) in [6, 6.07) is 13.9. The number of aromatic nitrogens is 4. The van der Waals surface area contributed by atoms with Crippen LogP contribution in [-0.2, 0) is 4.79 Å². The number of rotatable bonds is 4. The van der Waals surface area contributed by atoms with Gasteiger partial charge in [-0.2, -0.15) is 0 Å². The number of benzene rings is 1. The summed E-state index contributed by atoms with van der Waals surface area (Å²) in [5, 5.41) is 2.83. The minimum atomic E-state index is -0.0456. The van der Waals surface area contributed by atoms with Crippen molar-refractivity contribution in [3.63, 3.8) is 0 Å². The van der Waals surface area contributed by atoms with Gasteiger partial charge in [0.25, 0.3) is 0 Å². The number of hydrogen-bond donors (Lipinski definition) is 1. The van der Waals surface area contributed by atoms with Gasteiger partial charge in [0.1, 0.15) is 12.1 Å². The Morgan fingerprint density at radius 2 is 1.86 bits per heavy atom. The standard InChI is InChI=1S/C21H22N6O/c1-15-7-10-22-21(25-15)26-20(28)17-8-11-27(12-9-17)19-13-18(23-14-24-19)16-5-3-2-4-6-16/h2-7,10,13-14,17H,8-9,11-12H2,1H3,(H,22,25,26,28). The molecule has 0 saturated carbocycles. The van der Waals surface area contributed by atoms with E-state index in [1.807, 2.05) is 43.3 Å². The van der Waals surface area contributed by atoms with Crippen LogP contribution in [0.4, 0.5) is 11.8 Å². The van der Waals surface area contributed by atoms with E-state index in [0.29, 0.717) is 5.95 Å². The maximum absolute atomic E-state index is 12.5. The highest BCUT2D eigenvalue weighted by molar-refractivity contribution is 5.91. The van der Waals surface area contributed by atoms with Crippen molar-refractivity contribution in [2.24, 2.45) is 5.92 Å². The lowest BCUT2D eigenvalue weighted by Gasteiger charge is -2.32. The fourth-order valence-corrected chi connectivity index (χ4v) is 3.38. The number of anilines is 2. The highest BCUT2D eigenvalue weighted by Crippen LogP contribution is 2.25. The second kappa shape index (κ2) is 8.12. The highest BCUT2D eigenvalue weighted by atomic mass is 16.2. The van der Waals surface area contributed by atoms with Gasteiger partial charge in [-0.1, -0.05) is 30.3 Å². The molecule has 0 bridgehead atoms. The van der Waals surface area contributed by atoms with Crippen molar-refractivity contribution in [2.45, 2.75) is 19.8 Å². The van der Waals surface area contributed by atoms with Crippen molar-refractivity contribution in [2.75, 3.05) is 23.3 Å². The SMILES string of the molecule is Cc1ccnc(NC(=O)C2CCN(c3cc(-c4ccccc4)ncn3)CC2)n1. The number of hydrogen-bond acceptors (Lipinski definition) is 6. The van der Waals surface area contributed by atoms with E-state index in [9.17, 15) is 4.79 Å². The van der Waals surface area contributed by atoms with Gasteiger partial charge in [-0.3, -0.25) is 10.1 Å². The summed E-state index contributed by atoms with van der Waals surface area (Å²) in [4.78, 5) is 31.9. The Balaban J connectivity index is 1.38. The van der Waals surface area contributed by atoms with Crippen LogP contribution in [0.25, 0.3) is 11.3 Å². The zero-order chi connectivity index (χ0) is 19.3. The summed E-state index contributed by atoms with van der Waals surface area (Å²) in [6.07, 6.45) is 4.79. The Morgan fingerprint density at radius 1 is 1.07 bits per heavy atom. The van der Waals surface area contributed by atoms with Crippen molar-refractivity contribution in [1.82, 2.24) is 19.9 Å². The molecule has 0 radical (unpaired) electrons. The van der Waals surface area contributed by atoms with Crippen LogP contribution in [0.2, 0.25) is 0 Å². The summed E-state index contributed by atoms with van der Waals surface area (Å²) >= 11 is 0. The lowest BCUT2D eigenvalue weighted by molar-refractivity contribution is -0.120. The molecule has 1 saturated heterocycles. The summed E-state index contributed by atoms with van der Waals surface area (Å²) in [7, 11) is 0. The molecule has 4 rings (SSSR count). The van der Waals surface area contributed by atoms with Gasteiger partial charge < -0.3 is 4.90 Å². The molecular formula is C21H22N6O. The molecule has 0 aliphatic carbocycles. The molecule has 1 aliphatic rings. The van der Waals surface area contributed by atoms with E-state index in [0.717, 1.165) is 48.7 Å². The third-order valence-corrected chi connectivity index (χ3v) is 4.94. The van der Waals surface area contributed by atoms with Crippen LogP contribution in [0.15, 0.2) is 55.0 Å². The predicted octanol–water partition coefficient (Wildman–Crippen LogP) is 3.10. The first kappa shape index (κ1) is 18.0. The second-order valence-electron chi connectivity index (χ2n) is 6.90. The highest BCUT2D eigenvalue weighted by Gasteiger charge is 2.26. The van der Waals surface area contributed by atoms with Gasteiger partial charge in [0.2, 0.25) is 11.9 Å². The van der Waals surface area contributed by atoms with Crippen molar-refractivity contribution in [1.29, 1.82) is 0 Å². The topological polar surface area (TPSA) is 83.9 Å². The number of nitrogens with zero attached hydrogens (tertiary/aromatic N) is 5. The number of carbonyl (C=O) groups excluding carboxylic acids is 1.